The number of carbonyl (C=O) groups is 2. The summed E-state index contributed by atoms with van der Waals surface area (Å²) < 4.78 is 5.65. The highest BCUT2D eigenvalue weighted by molar-refractivity contribution is 6.20. The Morgan fingerprint density at radius 3 is 2.03 bits per heavy atom. The predicted molar refractivity (Wildman–Crippen MR) is 106 cm³/mol. The molecule has 0 saturated heterocycles. The van der Waals surface area contributed by atoms with Crippen LogP contribution in [0.25, 0.3) is 0 Å². The first-order valence-corrected chi connectivity index (χ1v) is 8.92. The summed E-state index contributed by atoms with van der Waals surface area (Å²) in [5.41, 5.74) is 1.48. The monoisotopic (exact) mass is 392 g/mol. The van der Waals surface area contributed by atoms with E-state index in [1.807, 2.05) is 13.0 Å². The van der Waals surface area contributed by atoms with Crippen LogP contribution in [0.2, 0.25) is 0 Å². The van der Waals surface area contributed by atoms with Gasteiger partial charge in [0, 0.05) is 17.7 Å². The number of benzene rings is 3. The van der Waals surface area contributed by atoms with Gasteiger partial charge in [-0.3, -0.25) is 9.59 Å². The van der Waals surface area contributed by atoms with E-state index in [4.69, 9.17) is 4.74 Å². The van der Waals surface area contributed by atoms with Crippen molar-refractivity contribution in [2.45, 2.75) is 19.6 Å². The van der Waals surface area contributed by atoms with Gasteiger partial charge in [0.05, 0.1) is 6.61 Å². The number of hydrogen-bond donors (Lipinski definition) is 3. The molecule has 0 bridgehead atoms. The molecule has 6 heteroatoms. The van der Waals surface area contributed by atoms with Crippen molar-refractivity contribution >= 4 is 11.6 Å². The molecule has 0 amide bonds. The SMILES string of the molecule is Cc1ccc(C(=O)C(OCc2ccccc2)C(=O)c2c(O)cc(O)cc2O)cc1. The Balaban J connectivity index is 1.96. The van der Waals surface area contributed by atoms with E-state index in [1.54, 1.807) is 48.5 Å². The van der Waals surface area contributed by atoms with Crippen LogP contribution in [-0.4, -0.2) is 33.0 Å². The van der Waals surface area contributed by atoms with Gasteiger partial charge in [-0.15, -0.1) is 0 Å². The molecule has 148 valence electrons. The van der Waals surface area contributed by atoms with E-state index in [0.29, 0.717) is 0 Å². The molecule has 0 saturated carbocycles. The van der Waals surface area contributed by atoms with Gasteiger partial charge in [-0.2, -0.15) is 0 Å². The molecule has 0 fully saturated rings. The Bertz CT molecular complexity index is 1000. The van der Waals surface area contributed by atoms with Gasteiger partial charge in [-0.25, -0.2) is 0 Å². The van der Waals surface area contributed by atoms with Crippen molar-refractivity contribution in [3.63, 3.8) is 0 Å². The van der Waals surface area contributed by atoms with Gasteiger partial charge < -0.3 is 20.1 Å². The first-order valence-electron chi connectivity index (χ1n) is 8.92. The maximum atomic E-state index is 13.1. The first-order chi connectivity index (χ1) is 13.9. The third-order valence-corrected chi connectivity index (χ3v) is 4.40. The van der Waals surface area contributed by atoms with Crippen LogP contribution in [0, 0.1) is 6.92 Å². The molecule has 3 N–H and O–H groups in total. The smallest absolute Gasteiger partial charge is 0.207 e. The number of aryl methyl sites for hydroxylation is 1. The molecule has 0 aliphatic rings. The summed E-state index contributed by atoms with van der Waals surface area (Å²) in [6.45, 7) is 1.85. The van der Waals surface area contributed by atoms with Gasteiger partial charge in [0.2, 0.25) is 5.78 Å². The highest BCUT2D eigenvalue weighted by atomic mass is 16.5. The Labute approximate surface area is 167 Å². The van der Waals surface area contributed by atoms with Gasteiger partial charge in [-0.1, -0.05) is 60.2 Å². The fraction of sp³-hybridized carbons (Fsp3) is 0.130. The van der Waals surface area contributed by atoms with E-state index in [9.17, 15) is 24.9 Å². The van der Waals surface area contributed by atoms with Crippen molar-refractivity contribution in [3.05, 3.63) is 89.0 Å². The van der Waals surface area contributed by atoms with E-state index < -0.39 is 40.5 Å². The van der Waals surface area contributed by atoms with Crippen LogP contribution in [0.15, 0.2) is 66.7 Å². The summed E-state index contributed by atoms with van der Waals surface area (Å²) >= 11 is 0. The molecule has 3 aromatic rings. The summed E-state index contributed by atoms with van der Waals surface area (Å²) in [5, 5.41) is 29.6. The van der Waals surface area contributed by atoms with Crippen LogP contribution >= 0.6 is 0 Å². The lowest BCUT2D eigenvalue weighted by molar-refractivity contribution is 0.0314. The van der Waals surface area contributed by atoms with E-state index in [0.717, 1.165) is 23.3 Å². The van der Waals surface area contributed by atoms with E-state index in [2.05, 4.69) is 0 Å². The summed E-state index contributed by atoms with van der Waals surface area (Å²) in [6, 6.07) is 17.5. The van der Waals surface area contributed by atoms with Gasteiger partial charge in [-0.05, 0) is 12.5 Å². The highest BCUT2D eigenvalue weighted by Crippen LogP contribution is 2.33. The standard InChI is InChI=1S/C23H20O6/c1-14-7-9-16(10-8-14)21(27)23(29-13-15-5-3-2-4-6-15)22(28)20-18(25)11-17(24)12-19(20)26/h2-12,23-26H,13H2,1H3. The van der Waals surface area contributed by atoms with E-state index >= 15 is 0 Å². The van der Waals surface area contributed by atoms with Crippen LogP contribution in [-0.2, 0) is 11.3 Å². The zero-order valence-electron chi connectivity index (χ0n) is 15.7. The topological polar surface area (TPSA) is 104 Å². The van der Waals surface area contributed by atoms with Crippen molar-refractivity contribution in [1.29, 1.82) is 0 Å². The molecule has 3 rings (SSSR count). The number of phenolic OH excluding ortho intramolecular Hbond substituents is 3. The number of carbonyl (C=O) groups excluding carboxylic acids is 2. The van der Waals surface area contributed by atoms with Gasteiger partial charge >= 0.3 is 0 Å². The Morgan fingerprint density at radius 2 is 1.45 bits per heavy atom. The Morgan fingerprint density at radius 1 is 0.862 bits per heavy atom. The normalized spacial score (nSPS) is 11.8. The molecule has 0 spiro atoms. The molecule has 29 heavy (non-hydrogen) atoms. The number of ether oxygens (including phenoxy) is 1. The lowest BCUT2D eigenvalue weighted by Crippen LogP contribution is -2.33. The van der Waals surface area contributed by atoms with Crippen LogP contribution in [0.5, 0.6) is 17.2 Å². The predicted octanol–water partition coefficient (Wildman–Crippen LogP) is 3.76. The first kappa shape index (κ1) is 20.1. The van der Waals surface area contributed by atoms with Gasteiger partial charge in [0.15, 0.2) is 11.9 Å². The minimum Gasteiger partial charge on any atom is -0.508 e. The average molecular weight is 392 g/mol. The van der Waals surface area contributed by atoms with Crippen LogP contribution in [0.3, 0.4) is 0 Å². The van der Waals surface area contributed by atoms with Gasteiger partial charge in [0.1, 0.15) is 22.8 Å². The third kappa shape index (κ3) is 4.62. The number of aromatic hydroxyl groups is 3. The molecule has 6 nitrogen and oxygen atoms in total. The molecular weight excluding hydrogens is 372 g/mol. The zero-order valence-corrected chi connectivity index (χ0v) is 15.7. The molecule has 0 aliphatic carbocycles. The fourth-order valence-corrected chi connectivity index (χ4v) is 2.87. The van der Waals surface area contributed by atoms with Crippen molar-refractivity contribution in [2.24, 2.45) is 0 Å². The van der Waals surface area contributed by atoms with Crippen molar-refractivity contribution in [2.75, 3.05) is 0 Å². The average Bonchev–Trinajstić information content (AvgIpc) is 2.68. The number of ketones is 2. The second kappa shape index (κ2) is 8.58. The minimum absolute atomic E-state index is 0.0194. The highest BCUT2D eigenvalue weighted by Gasteiger charge is 2.33. The molecule has 0 radical (unpaired) electrons. The fourth-order valence-electron chi connectivity index (χ4n) is 2.87. The molecule has 1 unspecified atom stereocenters. The van der Waals surface area contributed by atoms with Crippen molar-refractivity contribution < 1.29 is 29.6 Å². The van der Waals surface area contributed by atoms with Crippen molar-refractivity contribution in [3.8, 4) is 17.2 Å². The third-order valence-electron chi connectivity index (χ3n) is 4.40. The largest absolute Gasteiger partial charge is 0.508 e. The quantitative estimate of drug-likeness (QED) is 0.418. The van der Waals surface area contributed by atoms with Crippen molar-refractivity contribution in [1.82, 2.24) is 0 Å². The summed E-state index contributed by atoms with van der Waals surface area (Å²) in [7, 11) is 0. The molecule has 3 aromatic carbocycles. The summed E-state index contributed by atoms with van der Waals surface area (Å²) in [4.78, 5) is 26.1. The Kier molecular flexibility index (Phi) is 5.95. The molecule has 1 atom stereocenters. The Hall–Kier alpha value is -3.64. The van der Waals surface area contributed by atoms with Gasteiger partial charge in [0.25, 0.3) is 0 Å². The molecule has 0 aromatic heterocycles. The van der Waals surface area contributed by atoms with Crippen LogP contribution in [0.4, 0.5) is 0 Å². The number of phenols is 3. The maximum absolute atomic E-state index is 13.1. The molecular formula is C23H20O6. The lowest BCUT2D eigenvalue weighted by atomic mass is 9.96. The number of rotatable bonds is 7. The zero-order chi connectivity index (χ0) is 21.0. The second-order valence-electron chi connectivity index (χ2n) is 6.63. The maximum Gasteiger partial charge on any atom is 0.207 e. The van der Waals surface area contributed by atoms with E-state index in [-0.39, 0.29) is 12.2 Å². The lowest BCUT2D eigenvalue weighted by Gasteiger charge is -2.18. The number of Topliss-reactive ketones (excluding diaryl/α,β-unsaturated/α-hetero) is 2. The number of hydrogen-bond acceptors (Lipinski definition) is 6. The molecule has 0 heterocycles. The molecule has 0 aliphatic heterocycles. The summed E-state index contributed by atoms with van der Waals surface area (Å²) in [5.74, 6) is -3.20. The van der Waals surface area contributed by atoms with Crippen LogP contribution < -0.4 is 0 Å². The second-order valence-corrected chi connectivity index (χ2v) is 6.63. The van der Waals surface area contributed by atoms with Crippen LogP contribution in [0.1, 0.15) is 31.8 Å². The summed E-state index contributed by atoms with van der Waals surface area (Å²) in [6.07, 6.45) is -1.58. The van der Waals surface area contributed by atoms with E-state index in [1.165, 1.54) is 0 Å². The minimum atomic E-state index is -1.58.